The topological polar surface area (TPSA) is 106 Å². The molecule has 2 heterocycles. The fourth-order valence-electron chi connectivity index (χ4n) is 2.50. The minimum Gasteiger partial charge on any atom is -0.497 e. The van der Waals surface area contributed by atoms with E-state index in [4.69, 9.17) is 10.5 Å². The number of imidazole rings is 1. The fraction of sp³-hybridized carbons (Fsp3) is 0.312. The van der Waals surface area contributed by atoms with Crippen LogP contribution < -0.4 is 15.8 Å². The standard InChI is InChI=1S/C16H19N5O2/c1-3-4-13(22)18-8-12-20-14-10-6-5-9(23-2)7-11(10)19-16(17)15(14)21-12/h5-7H,3-4,8H2,1-2H3,(H2,17,19)(H,18,22)(H,20,21). The van der Waals surface area contributed by atoms with Gasteiger partial charge in [0.1, 0.15) is 28.4 Å². The van der Waals surface area contributed by atoms with Gasteiger partial charge >= 0.3 is 0 Å². The Bertz CT molecular complexity index is 872. The molecule has 1 aromatic carbocycles. The van der Waals surface area contributed by atoms with Crippen LogP contribution in [0.5, 0.6) is 5.75 Å². The second-order valence-corrected chi connectivity index (χ2v) is 5.31. The molecule has 4 N–H and O–H groups in total. The number of fused-ring (bicyclic) bond motifs is 3. The Kier molecular flexibility index (Phi) is 4.01. The van der Waals surface area contributed by atoms with E-state index in [-0.39, 0.29) is 5.91 Å². The van der Waals surface area contributed by atoms with Crippen LogP contribution in [0, 0.1) is 0 Å². The summed E-state index contributed by atoms with van der Waals surface area (Å²) in [6.45, 7) is 2.30. The van der Waals surface area contributed by atoms with Crippen LogP contribution in [0.1, 0.15) is 25.6 Å². The molecule has 23 heavy (non-hydrogen) atoms. The van der Waals surface area contributed by atoms with E-state index in [2.05, 4.69) is 20.3 Å². The number of rotatable bonds is 5. The lowest BCUT2D eigenvalue weighted by atomic mass is 10.2. The molecule has 7 heteroatoms. The molecule has 0 atom stereocenters. The first-order chi connectivity index (χ1) is 11.1. The maximum Gasteiger partial charge on any atom is 0.220 e. The number of hydrogen-bond acceptors (Lipinski definition) is 5. The van der Waals surface area contributed by atoms with Gasteiger partial charge in [0.15, 0.2) is 0 Å². The molecule has 3 rings (SSSR count). The number of carbonyl (C=O) groups excluding carboxylic acids is 1. The molecule has 0 aliphatic rings. The Morgan fingerprint density at radius 1 is 1.39 bits per heavy atom. The van der Waals surface area contributed by atoms with Crippen LogP contribution in [0.3, 0.4) is 0 Å². The first-order valence-electron chi connectivity index (χ1n) is 7.51. The molecule has 3 aromatic rings. The number of amides is 1. The van der Waals surface area contributed by atoms with Crippen molar-refractivity contribution in [1.82, 2.24) is 20.3 Å². The molecule has 0 radical (unpaired) electrons. The van der Waals surface area contributed by atoms with Crippen molar-refractivity contribution in [3.8, 4) is 5.75 Å². The van der Waals surface area contributed by atoms with Gasteiger partial charge in [0, 0.05) is 17.9 Å². The number of nitrogens with two attached hydrogens (primary N) is 1. The number of methoxy groups -OCH3 is 1. The summed E-state index contributed by atoms with van der Waals surface area (Å²) < 4.78 is 5.21. The third-order valence-corrected chi connectivity index (χ3v) is 3.64. The molecule has 120 valence electrons. The first-order valence-corrected chi connectivity index (χ1v) is 7.51. The second kappa shape index (κ2) is 6.12. The van der Waals surface area contributed by atoms with E-state index in [1.807, 2.05) is 25.1 Å². The molecule has 1 amide bonds. The largest absolute Gasteiger partial charge is 0.497 e. The molecular formula is C16H19N5O2. The van der Waals surface area contributed by atoms with E-state index in [0.29, 0.717) is 35.9 Å². The molecule has 2 aromatic heterocycles. The van der Waals surface area contributed by atoms with Gasteiger partial charge in [0.25, 0.3) is 0 Å². The van der Waals surface area contributed by atoms with Crippen molar-refractivity contribution >= 4 is 33.7 Å². The van der Waals surface area contributed by atoms with E-state index < -0.39 is 0 Å². The normalized spacial score (nSPS) is 11.0. The summed E-state index contributed by atoms with van der Waals surface area (Å²) in [4.78, 5) is 23.7. The number of aromatic amines is 1. The lowest BCUT2D eigenvalue weighted by Crippen LogP contribution is -2.22. The first kappa shape index (κ1) is 15.1. The Labute approximate surface area is 133 Å². The Balaban J connectivity index is 1.99. The van der Waals surface area contributed by atoms with Crippen LogP contribution in [-0.4, -0.2) is 28.0 Å². The van der Waals surface area contributed by atoms with Gasteiger partial charge in [-0.1, -0.05) is 6.92 Å². The van der Waals surface area contributed by atoms with Gasteiger partial charge in [-0.15, -0.1) is 0 Å². The summed E-state index contributed by atoms with van der Waals surface area (Å²) in [5, 5.41) is 3.72. The maximum atomic E-state index is 11.6. The highest BCUT2D eigenvalue weighted by atomic mass is 16.5. The van der Waals surface area contributed by atoms with Crippen molar-refractivity contribution < 1.29 is 9.53 Å². The second-order valence-electron chi connectivity index (χ2n) is 5.31. The van der Waals surface area contributed by atoms with Gasteiger partial charge in [0.05, 0.1) is 19.2 Å². The van der Waals surface area contributed by atoms with Gasteiger partial charge in [-0.2, -0.15) is 0 Å². The molecule has 0 spiro atoms. The van der Waals surface area contributed by atoms with Gasteiger partial charge in [-0.05, 0) is 18.6 Å². The smallest absolute Gasteiger partial charge is 0.220 e. The van der Waals surface area contributed by atoms with Crippen LogP contribution in [0.4, 0.5) is 5.82 Å². The summed E-state index contributed by atoms with van der Waals surface area (Å²) in [5.74, 6) is 1.75. The van der Waals surface area contributed by atoms with Crippen molar-refractivity contribution in [3.63, 3.8) is 0 Å². The van der Waals surface area contributed by atoms with E-state index >= 15 is 0 Å². The van der Waals surface area contributed by atoms with E-state index in [1.165, 1.54) is 0 Å². The SMILES string of the molecule is CCCC(=O)NCc1nc2c([nH]1)c(N)nc1cc(OC)ccc12. The van der Waals surface area contributed by atoms with E-state index in [0.717, 1.165) is 22.8 Å². The van der Waals surface area contributed by atoms with Crippen LogP contribution >= 0.6 is 0 Å². The van der Waals surface area contributed by atoms with E-state index in [9.17, 15) is 4.79 Å². The minimum atomic E-state index is 0.00801. The minimum absolute atomic E-state index is 0.00801. The molecule has 0 fully saturated rings. The molecule has 7 nitrogen and oxygen atoms in total. The van der Waals surface area contributed by atoms with Gasteiger partial charge in [-0.3, -0.25) is 4.79 Å². The lowest BCUT2D eigenvalue weighted by Gasteiger charge is -2.03. The van der Waals surface area contributed by atoms with Crippen LogP contribution in [0.15, 0.2) is 18.2 Å². The number of nitrogen functional groups attached to an aromatic ring is 1. The molecule has 0 bridgehead atoms. The molecule has 0 saturated heterocycles. The summed E-state index contributed by atoms with van der Waals surface area (Å²) >= 11 is 0. The number of nitrogens with one attached hydrogen (secondary N) is 2. The lowest BCUT2D eigenvalue weighted by molar-refractivity contribution is -0.121. The maximum absolute atomic E-state index is 11.6. The summed E-state index contributed by atoms with van der Waals surface area (Å²) in [7, 11) is 1.61. The highest BCUT2D eigenvalue weighted by Gasteiger charge is 2.12. The number of ether oxygens (including phenoxy) is 1. The van der Waals surface area contributed by atoms with Crippen LogP contribution in [0.2, 0.25) is 0 Å². The number of anilines is 1. The van der Waals surface area contributed by atoms with Crippen molar-refractivity contribution in [2.45, 2.75) is 26.3 Å². The monoisotopic (exact) mass is 313 g/mol. The number of carbonyl (C=O) groups is 1. The van der Waals surface area contributed by atoms with Gasteiger partial charge in [0.2, 0.25) is 5.91 Å². The van der Waals surface area contributed by atoms with E-state index in [1.54, 1.807) is 7.11 Å². The number of benzene rings is 1. The van der Waals surface area contributed by atoms with Crippen molar-refractivity contribution in [1.29, 1.82) is 0 Å². The quantitative estimate of drug-likeness (QED) is 0.669. The van der Waals surface area contributed by atoms with Crippen molar-refractivity contribution in [2.24, 2.45) is 0 Å². The van der Waals surface area contributed by atoms with Gasteiger partial charge in [-0.25, -0.2) is 9.97 Å². The predicted molar refractivity (Wildman–Crippen MR) is 89.1 cm³/mol. The zero-order chi connectivity index (χ0) is 16.4. The third kappa shape index (κ3) is 2.90. The summed E-state index contributed by atoms with van der Waals surface area (Å²) in [5.41, 5.74) is 8.17. The highest BCUT2D eigenvalue weighted by molar-refractivity contribution is 6.06. The number of pyridine rings is 1. The van der Waals surface area contributed by atoms with Crippen LogP contribution in [0.25, 0.3) is 21.9 Å². The molecular weight excluding hydrogens is 294 g/mol. The number of nitrogens with zero attached hydrogens (tertiary/aromatic N) is 2. The average molecular weight is 313 g/mol. The number of aromatic nitrogens is 3. The van der Waals surface area contributed by atoms with Crippen molar-refractivity contribution in [3.05, 3.63) is 24.0 Å². The Morgan fingerprint density at radius 3 is 2.96 bits per heavy atom. The highest BCUT2D eigenvalue weighted by Crippen LogP contribution is 2.28. The number of hydrogen-bond donors (Lipinski definition) is 3. The zero-order valence-electron chi connectivity index (χ0n) is 13.1. The number of H-pyrrole nitrogens is 1. The Morgan fingerprint density at radius 2 is 2.22 bits per heavy atom. The van der Waals surface area contributed by atoms with Crippen molar-refractivity contribution in [2.75, 3.05) is 12.8 Å². The molecule has 0 aliphatic heterocycles. The van der Waals surface area contributed by atoms with Crippen LogP contribution in [-0.2, 0) is 11.3 Å². The predicted octanol–water partition coefficient (Wildman–Crippen LogP) is 2.12. The fourth-order valence-corrected chi connectivity index (χ4v) is 2.50. The molecule has 0 saturated carbocycles. The average Bonchev–Trinajstić information content (AvgIpc) is 2.98. The Hall–Kier alpha value is -2.83. The molecule has 0 aliphatic carbocycles. The summed E-state index contributed by atoms with van der Waals surface area (Å²) in [6.07, 6.45) is 1.32. The third-order valence-electron chi connectivity index (χ3n) is 3.64. The molecule has 0 unspecified atom stereocenters. The zero-order valence-corrected chi connectivity index (χ0v) is 13.1. The van der Waals surface area contributed by atoms with Gasteiger partial charge < -0.3 is 20.8 Å². The summed E-state index contributed by atoms with van der Waals surface area (Å²) in [6, 6.07) is 5.59.